The van der Waals surface area contributed by atoms with E-state index in [0.717, 1.165) is 0 Å². The molecule has 0 saturated carbocycles. The molecule has 0 bridgehead atoms. The molecule has 0 atom stereocenters. The van der Waals surface area contributed by atoms with Crippen molar-refractivity contribution in [2.45, 2.75) is 46.3 Å². The molecule has 0 aromatic heterocycles. The van der Waals surface area contributed by atoms with Crippen LogP contribution in [0.2, 0.25) is 0 Å². The SMILES string of the molecule is CCOC(=O)Oc1ccc(C(=O)Nc2ccccc2CNC(=O)CCNC(=O)OC(C)(C)C)cc1. The maximum Gasteiger partial charge on any atom is 0.513 e. The summed E-state index contributed by atoms with van der Waals surface area (Å²) in [5, 5.41) is 8.11. The van der Waals surface area contributed by atoms with Crippen molar-refractivity contribution in [1.82, 2.24) is 10.6 Å². The van der Waals surface area contributed by atoms with Crippen LogP contribution in [-0.2, 0) is 20.8 Å². The number of para-hydroxylation sites is 1. The molecule has 188 valence electrons. The number of hydrogen-bond acceptors (Lipinski definition) is 7. The highest BCUT2D eigenvalue weighted by Gasteiger charge is 2.16. The molecule has 0 aliphatic carbocycles. The minimum absolute atomic E-state index is 0.0774. The molecule has 10 heteroatoms. The van der Waals surface area contributed by atoms with Gasteiger partial charge in [0.05, 0.1) is 6.61 Å². The molecule has 0 radical (unpaired) electrons. The second kappa shape index (κ2) is 13.0. The van der Waals surface area contributed by atoms with Gasteiger partial charge in [0.15, 0.2) is 0 Å². The van der Waals surface area contributed by atoms with Gasteiger partial charge in [-0.05, 0) is 63.6 Å². The predicted molar refractivity (Wildman–Crippen MR) is 129 cm³/mol. The first kappa shape index (κ1) is 27.2. The summed E-state index contributed by atoms with van der Waals surface area (Å²) in [6.07, 6.45) is -1.33. The van der Waals surface area contributed by atoms with E-state index >= 15 is 0 Å². The minimum Gasteiger partial charge on any atom is -0.444 e. The van der Waals surface area contributed by atoms with E-state index in [9.17, 15) is 19.2 Å². The van der Waals surface area contributed by atoms with Gasteiger partial charge in [-0.3, -0.25) is 9.59 Å². The fourth-order valence-electron chi connectivity index (χ4n) is 2.78. The molecule has 2 rings (SSSR count). The lowest BCUT2D eigenvalue weighted by molar-refractivity contribution is -0.121. The highest BCUT2D eigenvalue weighted by atomic mass is 16.7. The second-order valence-corrected chi connectivity index (χ2v) is 8.38. The van der Waals surface area contributed by atoms with Gasteiger partial charge in [-0.1, -0.05) is 18.2 Å². The molecule has 0 heterocycles. The lowest BCUT2D eigenvalue weighted by Crippen LogP contribution is -2.35. The quantitative estimate of drug-likeness (QED) is 0.361. The Morgan fingerprint density at radius 2 is 1.60 bits per heavy atom. The molecule has 3 amide bonds. The number of nitrogens with one attached hydrogen (secondary N) is 3. The van der Waals surface area contributed by atoms with E-state index in [-0.39, 0.29) is 43.7 Å². The van der Waals surface area contributed by atoms with Crippen LogP contribution >= 0.6 is 0 Å². The minimum atomic E-state index is -0.818. The molecule has 2 aromatic carbocycles. The Labute approximate surface area is 204 Å². The van der Waals surface area contributed by atoms with Gasteiger partial charge >= 0.3 is 12.2 Å². The molecule has 2 aromatic rings. The standard InChI is InChI=1S/C25H31N3O7/c1-5-33-24(32)34-19-12-10-17(11-13-19)22(30)28-20-9-7-6-8-18(20)16-27-21(29)14-15-26-23(31)35-25(2,3)4/h6-13H,5,14-16H2,1-4H3,(H,26,31)(H,27,29)(H,28,30). The predicted octanol–water partition coefficient (Wildman–Crippen LogP) is 4.01. The molecule has 0 aliphatic heterocycles. The van der Waals surface area contributed by atoms with Crippen LogP contribution < -0.4 is 20.7 Å². The highest BCUT2D eigenvalue weighted by Crippen LogP contribution is 2.18. The van der Waals surface area contributed by atoms with E-state index in [0.29, 0.717) is 16.8 Å². The highest BCUT2D eigenvalue weighted by molar-refractivity contribution is 6.04. The summed E-state index contributed by atoms with van der Waals surface area (Å²) in [5.74, 6) is -0.378. The van der Waals surface area contributed by atoms with Crippen LogP contribution in [0.4, 0.5) is 15.3 Å². The number of alkyl carbamates (subject to hydrolysis) is 1. The topological polar surface area (TPSA) is 132 Å². The van der Waals surface area contributed by atoms with Crippen molar-refractivity contribution in [3.63, 3.8) is 0 Å². The van der Waals surface area contributed by atoms with Crippen LogP contribution in [0.25, 0.3) is 0 Å². The maximum atomic E-state index is 12.7. The summed E-state index contributed by atoms with van der Waals surface area (Å²) in [6, 6.07) is 13.1. The third-order valence-corrected chi connectivity index (χ3v) is 4.34. The van der Waals surface area contributed by atoms with Gasteiger partial charge in [0.2, 0.25) is 5.91 Å². The van der Waals surface area contributed by atoms with E-state index < -0.39 is 17.8 Å². The molecule has 3 N–H and O–H groups in total. The molecular formula is C25H31N3O7. The monoisotopic (exact) mass is 485 g/mol. The largest absolute Gasteiger partial charge is 0.513 e. The Bertz CT molecular complexity index is 1030. The zero-order valence-corrected chi connectivity index (χ0v) is 20.3. The van der Waals surface area contributed by atoms with Crippen molar-refractivity contribution in [1.29, 1.82) is 0 Å². The third-order valence-electron chi connectivity index (χ3n) is 4.34. The Balaban J connectivity index is 1.87. The average molecular weight is 486 g/mol. The molecule has 10 nitrogen and oxygen atoms in total. The smallest absolute Gasteiger partial charge is 0.444 e. The first-order chi connectivity index (χ1) is 16.6. The van der Waals surface area contributed by atoms with E-state index in [4.69, 9.17) is 14.2 Å². The van der Waals surface area contributed by atoms with E-state index in [1.165, 1.54) is 24.3 Å². The normalized spacial score (nSPS) is 10.6. The zero-order chi connectivity index (χ0) is 25.8. The molecule has 0 unspecified atom stereocenters. The molecule has 0 aliphatic rings. The van der Waals surface area contributed by atoms with Crippen LogP contribution in [0, 0.1) is 0 Å². The van der Waals surface area contributed by atoms with Gasteiger partial charge in [-0.15, -0.1) is 0 Å². The maximum absolute atomic E-state index is 12.7. The molecule has 35 heavy (non-hydrogen) atoms. The fourth-order valence-corrected chi connectivity index (χ4v) is 2.78. The number of carbonyl (C=O) groups excluding carboxylic acids is 4. The summed E-state index contributed by atoms with van der Waals surface area (Å²) in [5.41, 5.74) is 0.986. The summed E-state index contributed by atoms with van der Waals surface area (Å²) >= 11 is 0. The fraction of sp³-hybridized carbons (Fsp3) is 0.360. The lowest BCUT2D eigenvalue weighted by atomic mass is 10.1. The number of anilines is 1. The van der Waals surface area contributed by atoms with E-state index in [2.05, 4.69) is 16.0 Å². The Morgan fingerprint density at radius 1 is 0.914 bits per heavy atom. The van der Waals surface area contributed by atoms with Crippen molar-refractivity contribution >= 4 is 29.8 Å². The summed E-state index contributed by atoms with van der Waals surface area (Å²) in [6.45, 7) is 7.45. The molecule has 0 fully saturated rings. The number of hydrogen-bond donors (Lipinski definition) is 3. The van der Waals surface area contributed by atoms with Crippen LogP contribution in [-0.4, -0.2) is 42.8 Å². The average Bonchev–Trinajstić information content (AvgIpc) is 2.78. The van der Waals surface area contributed by atoms with E-state index in [1.54, 1.807) is 52.0 Å². The molecular weight excluding hydrogens is 454 g/mol. The third kappa shape index (κ3) is 10.2. The van der Waals surface area contributed by atoms with Crippen LogP contribution in [0.15, 0.2) is 48.5 Å². The van der Waals surface area contributed by atoms with Gasteiger partial charge < -0.3 is 30.2 Å². The Kier molecular flexibility index (Phi) is 10.1. The molecule has 0 saturated heterocycles. The Hall–Kier alpha value is -4.08. The van der Waals surface area contributed by atoms with Gasteiger partial charge in [0, 0.05) is 30.8 Å². The first-order valence-corrected chi connectivity index (χ1v) is 11.1. The van der Waals surface area contributed by atoms with Gasteiger partial charge in [-0.2, -0.15) is 0 Å². The number of benzene rings is 2. The number of carbonyl (C=O) groups is 4. The lowest BCUT2D eigenvalue weighted by Gasteiger charge is -2.19. The number of ether oxygens (including phenoxy) is 3. The van der Waals surface area contributed by atoms with E-state index in [1.807, 2.05) is 0 Å². The number of amides is 3. The van der Waals surface area contributed by atoms with Gasteiger partial charge in [-0.25, -0.2) is 9.59 Å². The Morgan fingerprint density at radius 3 is 2.26 bits per heavy atom. The van der Waals surface area contributed by atoms with Crippen molar-refractivity contribution in [2.75, 3.05) is 18.5 Å². The summed E-state index contributed by atoms with van der Waals surface area (Å²) in [4.78, 5) is 47.8. The van der Waals surface area contributed by atoms with Crippen molar-refractivity contribution < 1.29 is 33.4 Å². The molecule has 0 spiro atoms. The van der Waals surface area contributed by atoms with Crippen molar-refractivity contribution in [2.24, 2.45) is 0 Å². The van der Waals surface area contributed by atoms with Gasteiger partial charge in [0.25, 0.3) is 5.91 Å². The van der Waals surface area contributed by atoms with Gasteiger partial charge in [0.1, 0.15) is 11.4 Å². The van der Waals surface area contributed by atoms with Crippen LogP contribution in [0.1, 0.15) is 50.0 Å². The zero-order valence-electron chi connectivity index (χ0n) is 20.3. The first-order valence-electron chi connectivity index (χ1n) is 11.1. The summed E-state index contributed by atoms with van der Waals surface area (Å²) in [7, 11) is 0. The van der Waals surface area contributed by atoms with Crippen molar-refractivity contribution in [3.8, 4) is 5.75 Å². The summed E-state index contributed by atoms with van der Waals surface area (Å²) < 4.78 is 14.8. The van der Waals surface area contributed by atoms with Crippen molar-refractivity contribution in [3.05, 3.63) is 59.7 Å². The second-order valence-electron chi connectivity index (χ2n) is 8.38. The number of rotatable bonds is 9. The van der Waals surface area contributed by atoms with Crippen LogP contribution in [0.5, 0.6) is 5.75 Å². The van der Waals surface area contributed by atoms with Crippen LogP contribution in [0.3, 0.4) is 0 Å².